The maximum atomic E-state index is 13.1. The van der Waals surface area contributed by atoms with Gasteiger partial charge in [-0.25, -0.2) is 9.97 Å². The number of anilines is 1. The van der Waals surface area contributed by atoms with Crippen LogP contribution in [0.2, 0.25) is 0 Å². The first-order valence-electron chi connectivity index (χ1n) is 12.0. The van der Waals surface area contributed by atoms with Crippen LogP contribution in [0.4, 0.5) is 5.82 Å². The highest BCUT2D eigenvalue weighted by Crippen LogP contribution is 2.36. The molecule has 2 aromatic heterocycles. The van der Waals surface area contributed by atoms with Crippen LogP contribution in [0.25, 0.3) is 0 Å². The van der Waals surface area contributed by atoms with Crippen LogP contribution in [0.15, 0.2) is 24.4 Å². The molecule has 7 heteroatoms. The molecule has 2 aliphatic heterocycles. The smallest absolute Gasteiger partial charge is 0.273 e. The van der Waals surface area contributed by atoms with Crippen LogP contribution in [-0.4, -0.2) is 44.8 Å². The van der Waals surface area contributed by atoms with Crippen LogP contribution in [-0.2, 0) is 11.2 Å². The maximum Gasteiger partial charge on any atom is 0.273 e. The van der Waals surface area contributed by atoms with Crippen molar-refractivity contribution in [3.05, 3.63) is 47.2 Å². The van der Waals surface area contributed by atoms with Crippen LogP contribution in [0.5, 0.6) is 0 Å². The second-order valence-corrected chi connectivity index (χ2v) is 9.35. The molecule has 2 fully saturated rings. The van der Waals surface area contributed by atoms with Crippen LogP contribution in [0.1, 0.15) is 85.0 Å². The van der Waals surface area contributed by atoms with Gasteiger partial charge in [-0.2, -0.15) is 0 Å². The molecular weight excluding hydrogens is 402 g/mol. The number of nitrogens with zero attached hydrogens (tertiary/aromatic N) is 5. The zero-order valence-electron chi connectivity index (χ0n) is 18.8. The summed E-state index contributed by atoms with van der Waals surface area (Å²) in [7, 11) is 0. The number of hydrogen-bond donors (Lipinski definition) is 0. The molecule has 4 heterocycles. The van der Waals surface area contributed by atoms with Gasteiger partial charge in [-0.05, 0) is 57.1 Å². The van der Waals surface area contributed by atoms with Gasteiger partial charge in [0, 0.05) is 37.0 Å². The predicted octanol–water partition coefficient (Wildman–Crippen LogP) is 4.02. The van der Waals surface area contributed by atoms with E-state index in [2.05, 4.69) is 4.98 Å². The summed E-state index contributed by atoms with van der Waals surface area (Å²) in [6, 6.07) is 5.22. The fraction of sp³-hybridized carbons (Fsp3) is 0.560. The molecule has 0 radical (unpaired) electrons. The summed E-state index contributed by atoms with van der Waals surface area (Å²) >= 11 is 0. The van der Waals surface area contributed by atoms with Crippen molar-refractivity contribution in [2.24, 2.45) is 5.92 Å². The van der Waals surface area contributed by atoms with Gasteiger partial charge < -0.3 is 4.90 Å². The average molecular weight is 434 g/mol. The first-order valence-corrected chi connectivity index (χ1v) is 12.0. The molecule has 0 aromatic carbocycles. The number of rotatable bonds is 4. The Hall–Kier alpha value is -2.83. The van der Waals surface area contributed by atoms with Gasteiger partial charge >= 0.3 is 0 Å². The third-order valence-corrected chi connectivity index (χ3v) is 7.22. The Morgan fingerprint density at radius 2 is 1.91 bits per heavy atom. The van der Waals surface area contributed by atoms with Gasteiger partial charge in [0.05, 0.1) is 6.04 Å². The summed E-state index contributed by atoms with van der Waals surface area (Å²) in [5.74, 6) is 2.08. The minimum atomic E-state index is -0.179. The Kier molecular flexibility index (Phi) is 5.89. The van der Waals surface area contributed by atoms with Crippen molar-refractivity contribution in [3.63, 3.8) is 0 Å². The van der Waals surface area contributed by atoms with E-state index in [1.165, 1.54) is 32.1 Å². The lowest BCUT2D eigenvalue weighted by molar-refractivity contribution is -0.119. The molecule has 1 saturated carbocycles. The summed E-state index contributed by atoms with van der Waals surface area (Å²) in [6.45, 7) is 3.44. The predicted molar refractivity (Wildman–Crippen MR) is 121 cm³/mol. The SMILES string of the molecule is Cc1nc([C@@H]2CCCN2C(=O)c2ccccn2)nc2c1CCC(=O)N2CC1CCCCC1. The van der Waals surface area contributed by atoms with Crippen LogP contribution in [0, 0.1) is 12.8 Å². The van der Waals surface area contributed by atoms with E-state index in [-0.39, 0.29) is 17.9 Å². The van der Waals surface area contributed by atoms with Crippen molar-refractivity contribution in [3.8, 4) is 0 Å². The Labute approximate surface area is 189 Å². The first-order chi connectivity index (χ1) is 15.6. The van der Waals surface area contributed by atoms with Gasteiger partial charge in [0.1, 0.15) is 11.5 Å². The standard InChI is InChI=1S/C25H31N5O2/c1-17-19-12-13-22(31)30(16-18-8-3-2-4-9-18)24(19)28-23(27-17)21-11-7-15-29(21)25(32)20-10-5-6-14-26-20/h5-6,10,14,18,21H,2-4,7-9,11-13,15-16H2,1H3/t21-/m0/s1. The van der Waals surface area contributed by atoms with E-state index in [1.54, 1.807) is 12.3 Å². The summed E-state index contributed by atoms with van der Waals surface area (Å²) < 4.78 is 0. The minimum absolute atomic E-state index is 0.0813. The molecule has 168 valence electrons. The van der Waals surface area contributed by atoms with Crippen molar-refractivity contribution in [2.45, 2.75) is 70.8 Å². The lowest BCUT2D eigenvalue weighted by Crippen LogP contribution is -2.41. The highest BCUT2D eigenvalue weighted by atomic mass is 16.2. The number of hydrogen-bond acceptors (Lipinski definition) is 5. The second kappa shape index (κ2) is 8.96. The van der Waals surface area contributed by atoms with E-state index >= 15 is 0 Å². The van der Waals surface area contributed by atoms with Crippen molar-refractivity contribution < 1.29 is 9.59 Å². The van der Waals surface area contributed by atoms with Crippen molar-refractivity contribution >= 4 is 17.6 Å². The number of amides is 2. The van der Waals surface area contributed by atoms with Gasteiger partial charge in [0.15, 0.2) is 5.82 Å². The van der Waals surface area contributed by atoms with E-state index in [0.717, 1.165) is 36.5 Å². The first kappa shape index (κ1) is 21.0. The third-order valence-electron chi connectivity index (χ3n) is 7.22. The molecule has 32 heavy (non-hydrogen) atoms. The maximum absolute atomic E-state index is 13.1. The molecule has 1 aliphatic carbocycles. The van der Waals surface area contributed by atoms with E-state index < -0.39 is 0 Å². The molecule has 1 saturated heterocycles. The summed E-state index contributed by atoms with van der Waals surface area (Å²) in [5, 5.41) is 0. The molecule has 1 atom stereocenters. The number of aryl methyl sites for hydroxylation is 1. The van der Waals surface area contributed by atoms with Crippen molar-refractivity contribution in [1.29, 1.82) is 0 Å². The van der Waals surface area contributed by atoms with Crippen LogP contribution >= 0.6 is 0 Å². The fourth-order valence-corrected chi connectivity index (χ4v) is 5.48. The minimum Gasteiger partial charge on any atom is -0.327 e. The number of fused-ring (bicyclic) bond motifs is 1. The Morgan fingerprint density at radius 3 is 2.69 bits per heavy atom. The molecular formula is C25H31N5O2. The Morgan fingerprint density at radius 1 is 1.06 bits per heavy atom. The molecule has 0 bridgehead atoms. The number of carbonyl (C=O) groups excluding carboxylic acids is 2. The van der Waals surface area contributed by atoms with Gasteiger partial charge in [-0.15, -0.1) is 0 Å². The van der Waals surface area contributed by atoms with E-state index in [4.69, 9.17) is 9.97 Å². The van der Waals surface area contributed by atoms with Crippen molar-refractivity contribution in [1.82, 2.24) is 19.9 Å². The monoisotopic (exact) mass is 433 g/mol. The Bertz CT molecular complexity index is 1000. The molecule has 2 amide bonds. The zero-order chi connectivity index (χ0) is 22.1. The largest absolute Gasteiger partial charge is 0.327 e. The van der Waals surface area contributed by atoms with E-state index in [1.807, 2.05) is 28.9 Å². The molecule has 3 aliphatic rings. The number of likely N-dealkylation sites (tertiary alicyclic amines) is 1. The number of pyridine rings is 1. The second-order valence-electron chi connectivity index (χ2n) is 9.35. The molecule has 2 aromatic rings. The highest BCUT2D eigenvalue weighted by Gasteiger charge is 2.36. The molecule has 0 unspecified atom stereocenters. The summed E-state index contributed by atoms with van der Waals surface area (Å²) in [4.78, 5) is 43.9. The number of carbonyl (C=O) groups is 2. The van der Waals surface area contributed by atoms with Gasteiger partial charge in [0.2, 0.25) is 5.91 Å². The van der Waals surface area contributed by atoms with Crippen LogP contribution in [0.3, 0.4) is 0 Å². The van der Waals surface area contributed by atoms with Gasteiger partial charge in [0.25, 0.3) is 5.91 Å². The number of aromatic nitrogens is 3. The van der Waals surface area contributed by atoms with Gasteiger partial charge in [-0.3, -0.25) is 19.5 Å². The lowest BCUT2D eigenvalue weighted by Gasteiger charge is -2.34. The third kappa shape index (κ3) is 4.00. The summed E-state index contributed by atoms with van der Waals surface area (Å²) in [6.07, 6.45) is 10.8. The van der Waals surface area contributed by atoms with Crippen LogP contribution < -0.4 is 4.90 Å². The van der Waals surface area contributed by atoms with Crippen molar-refractivity contribution in [2.75, 3.05) is 18.0 Å². The Balaban J connectivity index is 1.46. The molecule has 0 N–H and O–H groups in total. The molecule has 5 rings (SSSR count). The normalized spacial score (nSPS) is 21.7. The molecule has 0 spiro atoms. The topological polar surface area (TPSA) is 79.3 Å². The zero-order valence-corrected chi connectivity index (χ0v) is 18.8. The average Bonchev–Trinajstić information content (AvgIpc) is 3.31. The summed E-state index contributed by atoms with van der Waals surface area (Å²) in [5.41, 5.74) is 2.47. The quantitative estimate of drug-likeness (QED) is 0.728. The van der Waals surface area contributed by atoms with E-state index in [0.29, 0.717) is 36.8 Å². The fourth-order valence-electron chi connectivity index (χ4n) is 5.48. The lowest BCUT2D eigenvalue weighted by atomic mass is 9.88. The van der Waals surface area contributed by atoms with Gasteiger partial charge in [-0.1, -0.05) is 25.3 Å². The molecule has 7 nitrogen and oxygen atoms in total. The van der Waals surface area contributed by atoms with E-state index in [9.17, 15) is 9.59 Å². The highest BCUT2D eigenvalue weighted by molar-refractivity contribution is 5.95.